The van der Waals surface area contributed by atoms with Gasteiger partial charge in [-0.25, -0.2) is 9.59 Å². The molecule has 2 N–H and O–H groups in total. The number of rotatable bonds is 6. The van der Waals surface area contributed by atoms with Gasteiger partial charge in [0.05, 0.1) is 0 Å². The van der Waals surface area contributed by atoms with Crippen molar-refractivity contribution in [1.29, 1.82) is 0 Å². The van der Waals surface area contributed by atoms with E-state index in [1.54, 1.807) is 23.7 Å². The fourth-order valence-electron chi connectivity index (χ4n) is 2.53. The van der Waals surface area contributed by atoms with Crippen molar-refractivity contribution in [1.82, 2.24) is 10.2 Å². The summed E-state index contributed by atoms with van der Waals surface area (Å²) in [6, 6.07) is -0.132. The highest BCUT2D eigenvalue weighted by Gasteiger charge is 2.43. The van der Waals surface area contributed by atoms with Gasteiger partial charge < -0.3 is 15.3 Å². The Morgan fingerprint density at radius 1 is 1.42 bits per heavy atom. The van der Waals surface area contributed by atoms with Crippen molar-refractivity contribution in [2.75, 3.05) is 19.1 Å². The van der Waals surface area contributed by atoms with Gasteiger partial charge in [-0.2, -0.15) is 11.8 Å². The maximum absolute atomic E-state index is 12.2. The fourth-order valence-corrected chi connectivity index (χ4v) is 3.37. The molecular weight excluding hydrogens is 264 g/mol. The molecule has 1 atom stereocenters. The van der Waals surface area contributed by atoms with E-state index in [1.165, 1.54) is 0 Å². The maximum atomic E-state index is 12.2. The standard InChI is InChI=1S/C13H24N2O3S/c1-4-10(9-19-3)15(2)12(18)14-13(11(16)17)7-5-6-8-13/h10H,4-9H2,1-3H3,(H,14,18)(H,16,17). The molecule has 110 valence electrons. The molecular formula is C13H24N2O3S. The molecule has 0 saturated heterocycles. The third-order valence-corrected chi connectivity index (χ3v) is 4.63. The van der Waals surface area contributed by atoms with Gasteiger partial charge in [0, 0.05) is 18.8 Å². The van der Waals surface area contributed by atoms with Crippen molar-refractivity contribution in [3.05, 3.63) is 0 Å². The summed E-state index contributed by atoms with van der Waals surface area (Å²) < 4.78 is 0. The van der Waals surface area contributed by atoms with Crippen molar-refractivity contribution in [2.24, 2.45) is 0 Å². The second kappa shape index (κ2) is 7.03. The number of carbonyl (C=O) groups excluding carboxylic acids is 1. The summed E-state index contributed by atoms with van der Waals surface area (Å²) in [6.07, 6.45) is 5.65. The molecule has 1 rings (SSSR count). The molecule has 1 unspecified atom stereocenters. The van der Waals surface area contributed by atoms with E-state index in [-0.39, 0.29) is 12.1 Å². The lowest BCUT2D eigenvalue weighted by molar-refractivity contribution is -0.144. The van der Waals surface area contributed by atoms with Crippen LogP contribution in [0.1, 0.15) is 39.0 Å². The minimum Gasteiger partial charge on any atom is -0.480 e. The molecule has 1 aliphatic carbocycles. The molecule has 6 heteroatoms. The average molecular weight is 288 g/mol. The van der Waals surface area contributed by atoms with Crippen LogP contribution in [0.2, 0.25) is 0 Å². The zero-order chi connectivity index (χ0) is 14.5. The number of nitrogens with one attached hydrogen (secondary N) is 1. The number of carbonyl (C=O) groups is 2. The molecule has 0 aromatic carbocycles. The molecule has 1 aliphatic rings. The Labute approximate surface area is 119 Å². The van der Waals surface area contributed by atoms with Gasteiger partial charge in [0.1, 0.15) is 5.54 Å². The highest BCUT2D eigenvalue weighted by atomic mass is 32.2. The van der Waals surface area contributed by atoms with Crippen LogP contribution in [0.5, 0.6) is 0 Å². The highest BCUT2D eigenvalue weighted by Crippen LogP contribution is 2.30. The van der Waals surface area contributed by atoms with E-state index in [0.717, 1.165) is 25.0 Å². The molecule has 0 aromatic heterocycles. The number of aliphatic carboxylic acids is 1. The quantitative estimate of drug-likeness (QED) is 0.786. The van der Waals surface area contributed by atoms with Crippen LogP contribution in [0.15, 0.2) is 0 Å². The number of carboxylic acids is 1. The largest absolute Gasteiger partial charge is 0.480 e. The number of nitrogens with zero attached hydrogens (tertiary/aromatic N) is 1. The SMILES string of the molecule is CCC(CSC)N(C)C(=O)NC1(C(=O)O)CCCC1. The molecule has 0 spiro atoms. The van der Waals surface area contributed by atoms with Gasteiger partial charge in [0.25, 0.3) is 0 Å². The molecule has 0 aromatic rings. The third kappa shape index (κ3) is 3.78. The van der Waals surface area contributed by atoms with Crippen LogP contribution in [-0.4, -0.2) is 52.6 Å². The smallest absolute Gasteiger partial charge is 0.329 e. The van der Waals surface area contributed by atoms with Crippen molar-refractivity contribution in [3.63, 3.8) is 0 Å². The van der Waals surface area contributed by atoms with E-state index < -0.39 is 11.5 Å². The summed E-state index contributed by atoms with van der Waals surface area (Å²) in [5, 5.41) is 12.1. The number of urea groups is 1. The lowest BCUT2D eigenvalue weighted by atomic mass is 9.98. The van der Waals surface area contributed by atoms with Crippen LogP contribution in [0, 0.1) is 0 Å². The van der Waals surface area contributed by atoms with Crippen molar-refractivity contribution < 1.29 is 14.7 Å². The molecule has 0 bridgehead atoms. The summed E-state index contributed by atoms with van der Waals surface area (Å²) >= 11 is 1.69. The minimum atomic E-state index is -1.05. The Bertz CT molecular complexity index is 330. The summed E-state index contributed by atoms with van der Waals surface area (Å²) in [6.45, 7) is 2.03. The van der Waals surface area contributed by atoms with Crippen molar-refractivity contribution >= 4 is 23.8 Å². The monoisotopic (exact) mass is 288 g/mol. The second-order valence-electron chi connectivity index (χ2n) is 5.15. The lowest BCUT2D eigenvalue weighted by Crippen LogP contribution is -2.57. The highest BCUT2D eigenvalue weighted by molar-refractivity contribution is 7.98. The fraction of sp³-hybridized carbons (Fsp3) is 0.846. The number of hydrogen-bond acceptors (Lipinski definition) is 3. The molecule has 0 aliphatic heterocycles. The molecule has 1 saturated carbocycles. The van der Waals surface area contributed by atoms with E-state index in [0.29, 0.717) is 12.8 Å². The zero-order valence-electron chi connectivity index (χ0n) is 11.9. The first-order valence-electron chi connectivity index (χ1n) is 6.74. The molecule has 5 nitrogen and oxygen atoms in total. The van der Waals surface area contributed by atoms with Crippen LogP contribution in [0.3, 0.4) is 0 Å². The van der Waals surface area contributed by atoms with Crippen LogP contribution in [0.4, 0.5) is 4.79 Å². The Balaban J connectivity index is 2.69. The van der Waals surface area contributed by atoms with Gasteiger partial charge in [-0.1, -0.05) is 19.8 Å². The second-order valence-corrected chi connectivity index (χ2v) is 6.06. The van der Waals surface area contributed by atoms with Gasteiger partial charge in [-0.05, 0) is 25.5 Å². The third-order valence-electron chi connectivity index (χ3n) is 3.91. The van der Waals surface area contributed by atoms with Crippen LogP contribution in [0.25, 0.3) is 0 Å². The first-order chi connectivity index (χ1) is 8.96. The minimum absolute atomic E-state index is 0.141. The van der Waals surface area contributed by atoms with Crippen LogP contribution >= 0.6 is 11.8 Å². The summed E-state index contributed by atoms with van der Waals surface area (Å²) in [4.78, 5) is 25.3. The normalized spacial score (nSPS) is 18.9. The average Bonchev–Trinajstić information content (AvgIpc) is 2.85. The van der Waals surface area contributed by atoms with Gasteiger partial charge in [0.2, 0.25) is 0 Å². The van der Waals surface area contributed by atoms with Gasteiger partial charge in [-0.3, -0.25) is 0 Å². The molecule has 2 amide bonds. The lowest BCUT2D eigenvalue weighted by Gasteiger charge is -2.32. The van der Waals surface area contributed by atoms with Gasteiger partial charge in [-0.15, -0.1) is 0 Å². The topological polar surface area (TPSA) is 69.6 Å². The summed E-state index contributed by atoms with van der Waals surface area (Å²) in [7, 11) is 1.74. The van der Waals surface area contributed by atoms with E-state index in [9.17, 15) is 14.7 Å². The Morgan fingerprint density at radius 2 is 2.00 bits per heavy atom. The zero-order valence-corrected chi connectivity index (χ0v) is 12.8. The first-order valence-corrected chi connectivity index (χ1v) is 8.13. The van der Waals surface area contributed by atoms with E-state index in [4.69, 9.17) is 0 Å². The van der Waals surface area contributed by atoms with Crippen molar-refractivity contribution in [2.45, 2.75) is 50.6 Å². The van der Waals surface area contributed by atoms with E-state index in [2.05, 4.69) is 5.32 Å². The number of thioether (sulfide) groups is 1. The molecule has 19 heavy (non-hydrogen) atoms. The molecule has 0 heterocycles. The molecule has 1 fully saturated rings. The molecule has 0 radical (unpaired) electrons. The number of carboxylic acid groups (broad SMARTS) is 1. The summed E-state index contributed by atoms with van der Waals surface area (Å²) in [5.41, 5.74) is -1.05. The van der Waals surface area contributed by atoms with E-state index in [1.807, 2.05) is 13.2 Å². The van der Waals surface area contributed by atoms with Crippen molar-refractivity contribution in [3.8, 4) is 0 Å². The summed E-state index contributed by atoms with van der Waals surface area (Å²) in [5.74, 6) is -0.0507. The predicted molar refractivity (Wildman–Crippen MR) is 77.6 cm³/mol. The van der Waals surface area contributed by atoms with E-state index >= 15 is 0 Å². The van der Waals surface area contributed by atoms with Gasteiger partial charge in [0.15, 0.2) is 0 Å². The Hall–Kier alpha value is -0.910. The van der Waals surface area contributed by atoms with Crippen LogP contribution in [-0.2, 0) is 4.79 Å². The number of hydrogen-bond donors (Lipinski definition) is 2. The maximum Gasteiger partial charge on any atom is 0.329 e. The number of amides is 2. The van der Waals surface area contributed by atoms with Gasteiger partial charge >= 0.3 is 12.0 Å². The Morgan fingerprint density at radius 3 is 2.42 bits per heavy atom. The first kappa shape index (κ1) is 16.1. The predicted octanol–water partition coefficient (Wildman–Crippen LogP) is 2.17. The Kier molecular flexibility index (Phi) is 5.97. The van der Waals surface area contributed by atoms with Crippen LogP contribution < -0.4 is 5.32 Å².